The summed E-state index contributed by atoms with van der Waals surface area (Å²) in [5.74, 6) is 0.631. The number of morpholine rings is 1. The van der Waals surface area contributed by atoms with Crippen LogP contribution in [-0.2, 0) is 11.3 Å². The molecule has 2 saturated heterocycles. The molecule has 1 aromatic rings. The average molecular weight is 362 g/mol. The lowest BCUT2D eigenvalue weighted by Crippen LogP contribution is -2.48. The average Bonchev–Trinajstić information content (AvgIpc) is 2.47. The lowest BCUT2D eigenvalue weighted by atomic mass is 10.0. The van der Waals surface area contributed by atoms with Gasteiger partial charge >= 0.3 is 0 Å². The molecule has 0 aromatic heterocycles. The summed E-state index contributed by atoms with van der Waals surface area (Å²) in [6.07, 6.45) is 0. The van der Waals surface area contributed by atoms with Crippen molar-refractivity contribution < 1.29 is 9.53 Å². The molecule has 0 spiro atoms. The number of ether oxygens (including phenoxy) is 1. The molecule has 3 rings (SSSR count). The van der Waals surface area contributed by atoms with Crippen molar-refractivity contribution in [3.05, 3.63) is 35.4 Å². The van der Waals surface area contributed by atoms with Gasteiger partial charge in [0.2, 0.25) is 0 Å². The minimum absolute atomic E-state index is 0. The van der Waals surface area contributed by atoms with Gasteiger partial charge in [0.05, 0.1) is 13.2 Å². The Labute approximate surface area is 150 Å². The monoisotopic (exact) mass is 361 g/mol. The van der Waals surface area contributed by atoms with E-state index in [1.807, 2.05) is 18.2 Å². The molecule has 2 heterocycles. The molecule has 2 aliphatic heterocycles. The topological polar surface area (TPSA) is 53.6 Å². The van der Waals surface area contributed by atoms with Crippen LogP contribution in [0, 0.1) is 5.92 Å². The number of rotatable bonds is 5. The van der Waals surface area contributed by atoms with Crippen LogP contribution in [0.4, 0.5) is 0 Å². The van der Waals surface area contributed by atoms with E-state index < -0.39 is 0 Å². The fraction of sp³-hybridized carbons (Fsp3) is 0.562. The molecule has 2 aliphatic rings. The molecule has 0 saturated carbocycles. The van der Waals surface area contributed by atoms with E-state index in [1.54, 1.807) is 0 Å². The van der Waals surface area contributed by atoms with E-state index in [0.29, 0.717) is 5.92 Å². The highest BCUT2D eigenvalue weighted by Gasteiger charge is 2.19. The SMILES string of the molecule is Cl.Cl.O=C(NCC1CNC1)c1ccccc1CN1CCOCC1. The Kier molecular flexibility index (Phi) is 8.87. The molecule has 2 N–H and O–H groups in total. The zero-order valence-electron chi connectivity index (χ0n) is 13.1. The van der Waals surface area contributed by atoms with Crippen LogP contribution in [0.15, 0.2) is 24.3 Å². The van der Waals surface area contributed by atoms with Gasteiger partial charge in [0, 0.05) is 50.7 Å². The van der Waals surface area contributed by atoms with Gasteiger partial charge in [-0.3, -0.25) is 9.69 Å². The van der Waals surface area contributed by atoms with E-state index in [4.69, 9.17) is 4.74 Å². The molecular formula is C16H25Cl2N3O2. The second kappa shape index (κ2) is 10.1. The predicted molar refractivity (Wildman–Crippen MR) is 95.7 cm³/mol. The Morgan fingerprint density at radius 3 is 2.57 bits per heavy atom. The van der Waals surface area contributed by atoms with Crippen LogP contribution in [0.5, 0.6) is 0 Å². The van der Waals surface area contributed by atoms with Gasteiger partial charge in [0.15, 0.2) is 0 Å². The third-order valence-electron chi connectivity index (χ3n) is 4.18. The fourth-order valence-electron chi connectivity index (χ4n) is 2.70. The van der Waals surface area contributed by atoms with Crippen molar-refractivity contribution in [2.24, 2.45) is 5.92 Å². The van der Waals surface area contributed by atoms with Crippen LogP contribution in [0.1, 0.15) is 15.9 Å². The summed E-state index contributed by atoms with van der Waals surface area (Å²) in [7, 11) is 0. The summed E-state index contributed by atoms with van der Waals surface area (Å²) in [6.45, 7) is 7.03. The Bertz CT molecular complexity index is 492. The summed E-state index contributed by atoms with van der Waals surface area (Å²) in [6, 6.07) is 7.91. The van der Waals surface area contributed by atoms with Crippen LogP contribution >= 0.6 is 24.8 Å². The quantitative estimate of drug-likeness (QED) is 0.830. The van der Waals surface area contributed by atoms with Gasteiger partial charge in [-0.15, -0.1) is 24.8 Å². The van der Waals surface area contributed by atoms with Gasteiger partial charge in [-0.25, -0.2) is 0 Å². The van der Waals surface area contributed by atoms with E-state index in [1.165, 1.54) is 0 Å². The van der Waals surface area contributed by atoms with E-state index in [9.17, 15) is 4.79 Å². The van der Waals surface area contributed by atoms with Crippen LogP contribution in [0.3, 0.4) is 0 Å². The zero-order valence-corrected chi connectivity index (χ0v) is 14.8. The first-order valence-corrected chi connectivity index (χ1v) is 7.70. The molecule has 0 radical (unpaired) electrons. The van der Waals surface area contributed by atoms with Gasteiger partial charge in [0.25, 0.3) is 5.91 Å². The first kappa shape index (κ1) is 20.2. The molecule has 23 heavy (non-hydrogen) atoms. The van der Waals surface area contributed by atoms with Crippen LogP contribution in [0.25, 0.3) is 0 Å². The molecule has 0 aliphatic carbocycles. The third-order valence-corrected chi connectivity index (χ3v) is 4.18. The van der Waals surface area contributed by atoms with Crippen molar-refractivity contribution in [1.29, 1.82) is 0 Å². The molecular weight excluding hydrogens is 337 g/mol. The highest BCUT2D eigenvalue weighted by atomic mass is 35.5. The summed E-state index contributed by atoms with van der Waals surface area (Å²) < 4.78 is 5.37. The number of benzene rings is 1. The van der Waals surface area contributed by atoms with Gasteiger partial charge < -0.3 is 15.4 Å². The lowest BCUT2D eigenvalue weighted by Gasteiger charge is -2.28. The Morgan fingerprint density at radius 1 is 1.22 bits per heavy atom. The normalized spacial score (nSPS) is 18.3. The summed E-state index contributed by atoms with van der Waals surface area (Å²) in [5, 5.41) is 6.28. The number of carbonyl (C=O) groups is 1. The van der Waals surface area contributed by atoms with Crippen LogP contribution in [-0.4, -0.2) is 56.7 Å². The molecule has 130 valence electrons. The molecule has 2 fully saturated rings. The smallest absolute Gasteiger partial charge is 0.251 e. The predicted octanol–water partition coefficient (Wildman–Crippen LogP) is 1.31. The van der Waals surface area contributed by atoms with Crippen molar-refractivity contribution in [3.8, 4) is 0 Å². The summed E-state index contributed by atoms with van der Waals surface area (Å²) in [5.41, 5.74) is 1.90. The van der Waals surface area contributed by atoms with Crippen molar-refractivity contribution >= 4 is 30.7 Å². The van der Waals surface area contributed by atoms with Crippen molar-refractivity contribution in [2.75, 3.05) is 45.9 Å². The van der Waals surface area contributed by atoms with Crippen LogP contribution < -0.4 is 10.6 Å². The first-order valence-electron chi connectivity index (χ1n) is 7.70. The maximum absolute atomic E-state index is 12.4. The number of hydrogen-bond donors (Lipinski definition) is 2. The maximum Gasteiger partial charge on any atom is 0.251 e. The van der Waals surface area contributed by atoms with E-state index in [0.717, 1.165) is 63.6 Å². The second-order valence-corrected chi connectivity index (χ2v) is 5.78. The van der Waals surface area contributed by atoms with Gasteiger partial charge in [-0.2, -0.15) is 0 Å². The van der Waals surface area contributed by atoms with Crippen molar-refractivity contribution in [3.63, 3.8) is 0 Å². The molecule has 1 aromatic carbocycles. The Hall–Kier alpha value is -0.850. The zero-order chi connectivity index (χ0) is 14.5. The number of halogens is 2. The Balaban J connectivity index is 0.00000132. The molecule has 5 nitrogen and oxygen atoms in total. The molecule has 7 heteroatoms. The number of nitrogens with zero attached hydrogens (tertiary/aromatic N) is 1. The number of carbonyl (C=O) groups excluding carboxylic acids is 1. The van der Waals surface area contributed by atoms with Crippen molar-refractivity contribution in [1.82, 2.24) is 15.5 Å². The van der Waals surface area contributed by atoms with E-state index >= 15 is 0 Å². The summed E-state index contributed by atoms with van der Waals surface area (Å²) >= 11 is 0. The highest BCUT2D eigenvalue weighted by molar-refractivity contribution is 5.95. The second-order valence-electron chi connectivity index (χ2n) is 5.78. The maximum atomic E-state index is 12.4. The lowest BCUT2D eigenvalue weighted by molar-refractivity contribution is 0.0340. The number of hydrogen-bond acceptors (Lipinski definition) is 4. The standard InChI is InChI=1S/C16H23N3O2.2ClH/c20-16(18-11-13-9-17-10-13)15-4-2-1-3-14(15)12-19-5-7-21-8-6-19;;/h1-4,13,17H,5-12H2,(H,18,20);2*1H. The number of nitrogens with one attached hydrogen (secondary N) is 2. The largest absolute Gasteiger partial charge is 0.379 e. The molecule has 0 atom stereocenters. The molecule has 1 amide bonds. The van der Waals surface area contributed by atoms with Crippen molar-refractivity contribution in [2.45, 2.75) is 6.54 Å². The first-order chi connectivity index (χ1) is 10.3. The van der Waals surface area contributed by atoms with E-state index in [-0.39, 0.29) is 30.7 Å². The Morgan fingerprint density at radius 2 is 1.91 bits per heavy atom. The van der Waals surface area contributed by atoms with Gasteiger partial charge in [-0.1, -0.05) is 18.2 Å². The van der Waals surface area contributed by atoms with Crippen LogP contribution in [0.2, 0.25) is 0 Å². The third kappa shape index (κ3) is 5.62. The minimum atomic E-state index is 0. The number of amides is 1. The minimum Gasteiger partial charge on any atom is -0.379 e. The highest BCUT2D eigenvalue weighted by Crippen LogP contribution is 2.13. The van der Waals surface area contributed by atoms with Gasteiger partial charge in [0.1, 0.15) is 0 Å². The fourth-order valence-corrected chi connectivity index (χ4v) is 2.70. The van der Waals surface area contributed by atoms with E-state index in [2.05, 4.69) is 21.6 Å². The molecule has 0 unspecified atom stereocenters. The summed E-state index contributed by atoms with van der Waals surface area (Å²) in [4.78, 5) is 14.7. The molecule has 0 bridgehead atoms. The van der Waals surface area contributed by atoms with Gasteiger partial charge in [-0.05, 0) is 11.6 Å².